The third kappa shape index (κ3) is 3.71. The minimum Gasteiger partial charge on any atom is -0.361 e. The first kappa shape index (κ1) is 22.1. The van der Waals surface area contributed by atoms with Crippen LogP contribution in [0.2, 0.25) is 0 Å². The number of fused-ring (bicyclic) bond motifs is 3. The van der Waals surface area contributed by atoms with Crippen LogP contribution in [0.15, 0.2) is 47.2 Å². The molecule has 4 aromatic heterocycles. The Labute approximate surface area is 194 Å². The maximum absolute atomic E-state index is 12.8. The van der Waals surface area contributed by atoms with Gasteiger partial charge in [-0.05, 0) is 63.1 Å². The molecular formula is C25H23F2N5O2. The van der Waals surface area contributed by atoms with E-state index in [0.717, 1.165) is 44.6 Å². The number of nitrogens with zero attached hydrogens (tertiary/aromatic N) is 5. The molecule has 5 aromatic rings. The van der Waals surface area contributed by atoms with Crippen LogP contribution in [0.1, 0.15) is 30.0 Å². The van der Waals surface area contributed by atoms with Gasteiger partial charge < -0.3 is 13.8 Å². The zero-order chi connectivity index (χ0) is 24.0. The highest BCUT2D eigenvalue weighted by molar-refractivity contribution is 6.05. The molecule has 9 heteroatoms. The summed E-state index contributed by atoms with van der Waals surface area (Å²) in [6.45, 7) is 4.60. The van der Waals surface area contributed by atoms with E-state index in [0.29, 0.717) is 17.0 Å². The van der Waals surface area contributed by atoms with Crippen LogP contribution in [0, 0.1) is 20.8 Å². The number of pyridine rings is 2. The molecule has 5 rings (SSSR count). The Morgan fingerprint density at radius 3 is 2.59 bits per heavy atom. The molecule has 1 atom stereocenters. The van der Waals surface area contributed by atoms with Crippen molar-refractivity contribution < 1.29 is 18.0 Å². The number of halogens is 2. The van der Waals surface area contributed by atoms with E-state index in [1.165, 1.54) is 0 Å². The van der Waals surface area contributed by atoms with Crippen LogP contribution < -0.4 is 0 Å². The van der Waals surface area contributed by atoms with Crippen LogP contribution >= 0.6 is 0 Å². The molecule has 0 saturated carbocycles. The van der Waals surface area contributed by atoms with Gasteiger partial charge in [0.1, 0.15) is 17.0 Å². The molecule has 0 radical (unpaired) electrons. The van der Waals surface area contributed by atoms with Crippen LogP contribution in [0.5, 0.6) is 0 Å². The highest BCUT2D eigenvalue weighted by Gasteiger charge is 2.23. The van der Waals surface area contributed by atoms with Crippen LogP contribution in [0.4, 0.5) is 8.78 Å². The fourth-order valence-corrected chi connectivity index (χ4v) is 4.46. The molecule has 0 amide bonds. The van der Waals surface area contributed by atoms with Gasteiger partial charge in [0, 0.05) is 17.1 Å². The molecular weight excluding hydrogens is 440 g/mol. The fourth-order valence-electron chi connectivity index (χ4n) is 4.46. The van der Waals surface area contributed by atoms with Gasteiger partial charge in [-0.2, -0.15) is 8.78 Å². The second-order valence-electron chi connectivity index (χ2n) is 8.34. The number of aromatic nitrogens is 5. The van der Waals surface area contributed by atoms with Gasteiger partial charge in [-0.3, -0.25) is 9.97 Å². The largest absolute Gasteiger partial charge is 0.361 e. The van der Waals surface area contributed by atoms with Crippen LogP contribution in [-0.2, 0) is 4.74 Å². The highest BCUT2D eigenvalue weighted by Crippen LogP contribution is 2.37. The van der Waals surface area contributed by atoms with Gasteiger partial charge in [0.2, 0.25) is 0 Å². The molecule has 0 aliphatic heterocycles. The molecule has 0 fully saturated rings. The summed E-state index contributed by atoms with van der Waals surface area (Å²) in [5.41, 5.74) is 6.60. The van der Waals surface area contributed by atoms with E-state index < -0.39 is 12.7 Å². The molecule has 34 heavy (non-hydrogen) atoms. The van der Waals surface area contributed by atoms with Gasteiger partial charge in [0.05, 0.1) is 35.6 Å². The summed E-state index contributed by atoms with van der Waals surface area (Å²) in [4.78, 5) is 13.9. The van der Waals surface area contributed by atoms with E-state index in [1.807, 2.05) is 62.6 Å². The lowest BCUT2D eigenvalue weighted by molar-refractivity contribution is -0.135. The van der Waals surface area contributed by atoms with Crippen molar-refractivity contribution in [3.8, 4) is 22.6 Å². The summed E-state index contributed by atoms with van der Waals surface area (Å²) in [5, 5.41) is 4.95. The summed E-state index contributed by atoms with van der Waals surface area (Å²) in [7, 11) is 0. The molecule has 0 N–H and O–H groups in total. The average molecular weight is 463 g/mol. The Bertz CT molecular complexity index is 1470. The summed E-state index contributed by atoms with van der Waals surface area (Å²) in [5.74, 6) is 1.31. The zero-order valence-corrected chi connectivity index (χ0v) is 19.2. The minimum absolute atomic E-state index is 0.178. The van der Waals surface area contributed by atoms with Gasteiger partial charge in [0.15, 0.2) is 5.82 Å². The number of imidazole rings is 1. The van der Waals surface area contributed by atoms with E-state index in [4.69, 9.17) is 9.51 Å². The van der Waals surface area contributed by atoms with Gasteiger partial charge in [-0.25, -0.2) is 4.98 Å². The normalized spacial score (nSPS) is 12.8. The monoisotopic (exact) mass is 463 g/mol. The van der Waals surface area contributed by atoms with Crippen molar-refractivity contribution in [2.75, 3.05) is 6.61 Å². The Hall–Kier alpha value is -3.72. The molecule has 0 unspecified atom stereocenters. The molecule has 0 aliphatic rings. The smallest absolute Gasteiger partial charge is 0.345 e. The Balaban J connectivity index is 1.78. The summed E-state index contributed by atoms with van der Waals surface area (Å²) >= 11 is 0. The van der Waals surface area contributed by atoms with Crippen LogP contribution in [0.3, 0.4) is 0 Å². The highest BCUT2D eigenvalue weighted by atomic mass is 19.3. The van der Waals surface area contributed by atoms with Crippen molar-refractivity contribution >= 4 is 21.9 Å². The lowest BCUT2D eigenvalue weighted by atomic mass is 9.96. The van der Waals surface area contributed by atoms with E-state index in [1.54, 1.807) is 12.4 Å². The first-order chi connectivity index (χ1) is 16.3. The molecule has 0 spiro atoms. The number of benzene rings is 1. The van der Waals surface area contributed by atoms with E-state index in [2.05, 4.69) is 19.9 Å². The van der Waals surface area contributed by atoms with Crippen molar-refractivity contribution in [3.05, 3.63) is 59.7 Å². The van der Waals surface area contributed by atoms with E-state index >= 15 is 0 Å². The number of aryl methyl sites for hydroxylation is 3. The maximum atomic E-state index is 12.8. The molecule has 0 aliphatic carbocycles. The standard InChI is InChI=1S/C25H23F2N5O2/c1-13-9-18-20(10-17(13)22-15(3)31-34-16(22)4)29-11-21-23(18)32(14(2)12-33-25(26)27)24(30-21)19-7-5-6-8-28-19/h5-11,14,25H,12H2,1-4H3/t14-/m0/s1. The molecule has 0 saturated heterocycles. The topological polar surface area (TPSA) is 78.9 Å². The summed E-state index contributed by atoms with van der Waals surface area (Å²) in [6, 6.07) is 9.15. The molecule has 4 heterocycles. The zero-order valence-electron chi connectivity index (χ0n) is 19.2. The first-order valence-corrected chi connectivity index (χ1v) is 10.9. The Morgan fingerprint density at radius 2 is 1.91 bits per heavy atom. The van der Waals surface area contributed by atoms with Gasteiger partial charge in [0.25, 0.3) is 0 Å². The summed E-state index contributed by atoms with van der Waals surface area (Å²) in [6.07, 6.45) is 3.38. The van der Waals surface area contributed by atoms with Crippen molar-refractivity contribution in [2.45, 2.75) is 40.3 Å². The van der Waals surface area contributed by atoms with Gasteiger partial charge in [-0.1, -0.05) is 11.2 Å². The second-order valence-corrected chi connectivity index (χ2v) is 8.34. The number of rotatable bonds is 6. The Morgan fingerprint density at radius 1 is 1.09 bits per heavy atom. The second kappa shape index (κ2) is 8.57. The van der Waals surface area contributed by atoms with Crippen LogP contribution in [-0.4, -0.2) is 37.9 Å². The van der Waals surface area contributed by atoms with Crippen molar-refractivity contribution in [3.63, 3.8) is 0 Å². The predicted molar refractivity (Wildman–Crippen MR) is 125 cm³/mol. The Kier molecular flexibility index (Phi) is 5.57. The van der Waals surface area contributed by atoms with Gasteiger partial charge in [-0.15, -0.1) is 0 Å². The molecule has 0 bridgehead atoms. The average Bonchev–Trinajstić information content (AvgIpc) is 3.38. The minimum atomic E-state index is -2.85. The fraction of sp³-hybridized carbons (Fsp3) is 0.280. The molecule has 1 aromatic carbocycles. The number of hydrogen-bond donors (Lipinski definition) is 0. The lowest BCUT2D eigenvalue weighted by Crippen LogP contribution is -2.16. The predicted octanol–water partition coefficient (Wildman–Crippen LogP) is 6.03. The number of ether oxygens (including phenoxy) is 1. The van der Waals surface area contributed by atoms with Crippen LogP contribution in [0.25, 0.3) is 44.6 Å². The quantitative estimate of drug-likeness (QED) is 0.306. The number of alkyl halides is 2. The number of hydrogen-bond acceptors (Lipinski definition) is 6. The van der Waals surface area contributed by atoms with E-state index in [-0.39, 0.29) is 6.61 Å². The molecule has 7 nitrogen and oxygen atoms in total. The third-order valence-electron chi connectivity index (χ3n) is 5.96. The maximum Gasteiger partial charge on any atom is 0.345 e. The van der Waals surface area contributed by atoms with E-state index in [9.17, 15) is 8.78 Å². The lowest BCUT2D eigenvalue weighted by Gasteiger charge is -2.18. The van der Waals surface area contributed by atoms with Crippen molar-refractivity contribution in [2.24, 2.45) is 0 Å². The van der Waals surface area contributed by atoms with Crippen molar-refractivity contribution in [1.29, 1.82) is 0 Å². The SMILES string of the molecule is Cc1cc2c(cc1-c1c(C)noc1C)ncc1nc(-c3ccccn3)n([C@@H](C)COC(F)F)c12. The summed E-state index contributed by atoms with van der Waals surface area (Å²) < 4.78 is 37.6. The third-order valence-corrected chi connectivity index (χ3v) is 5.96. The van der Waals surface area contributed by atoms with Gasteiger partial charge >= 0.3 is 6.61 Å². The van der Waals surface area contributed by atoms with Crippen molar-refractivity contribution in [1.82, 2.24) is 24.7 Å². The first-order valence-electron chi connectivity index (χ1n) is 10.9. The molecule has 174 valence electrons.